The highest BCUT2D eigenvalue weighted by molar-refractivity contribution is 7.98. The number of ether oxygens (including phenoxy) is 1. The van der Waals surface area contributed by atoms with Gasteiger partial charge in [-0.3, -0.25) is 9.78 Å². The summed E-state index contributed by atoms with van der Waals surface area (Å²) < 4.78 is 11.8. The molecule has 196 valence electrons. The van der Waals surface area contributed by atoms with E-state index in [0.717, 1.165) is 33.6 Å². The lowest BCUT2D eigenvalue weighted by Gasteiger charge is -2.17. The average molecular weight is 531 g/mol. The Kier molecular flexibility index (Phi) is 9.35. The van der Waals surface area contributed by atoms with Gasteiger partial charge in [0.25, 0.3) is 5.91 Å². The minimum absolute atomic E-state index is 0.294. The third kappa shape index (κ3) is 6.90. The van der Waals surface area contributed by atoms with Gasteiger partial charge in [-0.25, -0.2) is 4.79 Å². The molecular weight excluding hydrogens is 500 g/mol. The van der Waals surface area contributed by atoms with Crippen molar-refractivity contribution in [3.05, 3.63) is 102 Å². The van der Waals surface area contributed by atoms with Gasteiger partial charge in [0, 0.05) is 23.5 Å². The second-order valence-electron chi connectivity index (χ2n) is 8.84. The smallest absolute Gasteiger partial charge is 0.326 e. The van der Waals surface area contributed by atoms with Gasteiger partial charge < -0.3 is 19.6 Å². The molecule has 0 radical (unpaired) electrons. The highest BCUT2D eigenvalue weighted by atomic mass is 32.2. The first kappa shape index (κ1) is 27.2. The molecule has 1 amide bonds. The first-order chi connectivity index (χ1) is 18.5. The number of aryl methyl sites for hydroxylation is 1. The lowest BCUT2D eigenvalue weighted by Crippen LogP contribution is -2.41. The Bertz CT molecular complexity index is 1390. The van der Waals surface area contributed by atoms with Gasteiger partial charge in [-0.1, -0.05) is 30.3 Å². The summed E-state index contributed by atoms with van der Waals surface area (Å²) in [5, 5.41) is 12.3. The van der Waals surface area contributed by atoms with Crippen molar-refractivity contribution in [2.45, 2.75) is 32.6 Å². The topological polar surface area (TPSA) is 102 Å². The van der Waals surface area contributed by atoms with Crippen molar-refractivity contribution in [2.24, 2.45) is 0 Å². The molecule has 0 fully saturated rings. The number of nitrogens with zero attached hydrogens (tertiary/aromatic N) is 1. The van der Waals surface area contributed by atoms with Crippen molar-refractivity contribution in [2.75, 3.05) is 12.0 Å². The molecule has 8 heteroatoms. The van der Waals surface area contributed by atoms with E-state index in [1.807, 2.05) is 73.8 Å². The molecule has 7 nitrogen and oxygen atoms in total. The van der Waals surface area contributed by atoms with Crippen LogP contribution in [0.2, 0.25) is 0 Å². The largest absolute Gasteiger partial charge is 0.480 e. The number of rotatable bonds is 12. The van der Waals surface area contributed by atoms with Crippen LogP contribution in [0.3, 0.4) is 0 Å². The van der Waals surface area contributed by atoms with Gasteiger partial charge in [0.15, 0.2) is 0 Å². The SMILES string of the molecule is CSCC[C@H](NC(=O)c1ccc(COCc2ccc(-c3ccncc3)o2)cc1-c1ccccc1C)C(=O)O. The highest BCUT2D eigenvalue weighted by Gasteiger charge is 2.22. The third-order valence-electron chi connectivity index (χ3n) is 6.12. The number of amides is 1. The molecule has 0 saturated carbocycles. The number of benzene rings is 2. The summed E-state index contributed by atoms with van der Waals surface area (Å²) in [5.41, 5.74) is 4.90. The second kappa shape index (κ2) is 13.1. The summed E-state index contributed by atoms with van der Waals surface area (Å²) in [6.07, 6.45) is 5.69. The van der Waals surface area contributed by atoms with Gasteiger partial charge in [0.2, 0.25) is 0 Å². The number of aliphatic carboxylic acids is 1. The molecule has 0 unspecified atom stereocenters. The van der Waals surface area contributed by atoms with Crippen molar-refractivity contribution < 1.29 is 23.8 Å². The van der Waals surface area contributed by atoms with Gasteiger partial charge in [-0.15, -0.1) is 0 Å². The molecule has 0 aliphatic heterocycles. The van der Waals surface area contributed by atoms with Crippen molar-refractivity contribution in [1.82, 2.24) is 10.3 Å². The van der Waals surface area contributed by atoms with Crippen LogP contribution in [0.5, 0.6) is 0 Å². The Hall–Kier alpha value is -3.88. The number of carbonyl (C=O) groups excluding carboxylic acids is 1. The molecule has 2 heterocycles. The lowest BCUT2D eigenvalue weighted by molar-refractivity contribution is -0.139. The van der Waals surface area contributed by atoms with E-state index in [2.05, 4.69) is 10.3 Å². The zero-order valence-electron chi connectivity index (χ0n) is 21.3. The van der Waals surface area contributed by atoms with Crippen LogP contribution >= 0.6 is 11.8 Å². The van der Waals surface area contributed by atoms with Crippen LogP contribution in [0.25, 0.3) is 22.5 Å². The lowest BCUT2D eigenvalue weighted by atomic mass is 9.93. The van der Waals surface area contributed by atoms with E-state index in [4.69, 9.17) is 9.15 Å². The van der Waals surface area contributed by atoms with E-state index in [1.165, 1.54) is 0 Å². The Balaban J connectivity index is 1.51. The second-order valence-corrected chi connectivity index (χ2v) is 9.82. The standard InChI is InChI=1S/C30H30N2O5S/c1-20-5-3-4-6-24(20)26-17-21(7-9-25(26)29(33)32-27(30(34)35)13-16-38-2)18-36-19-23-8-10-28(37-23)22-11-14-31-15-12-22/h3-12,14-15,17,27H,13,16,18-19H2,1-2H3,(H,32,33)(H,34,35)/t27-/m0/s1. The van der Waals surface area contributed by atoms with Crippen molar-refractivity contribution in [3.63, 3.8) is 0 Å². The molecule has 4 aromatic rings. The number of nitrogens with one attached hydrogen (secondary N) is 1. The van der Waals surface area contributed by atoms with E-state index >= 15 is 0 Å². The predicted octanol–water partition coefficient (Wildman–Crippen LogP) is 5.97. The third-order valence-corrected chi connectivity index (χ3v) is 6.76. The molecular formula is C30H30N2O5S. The molecule has 38 heavy (non-hydrogen) atoms. The van der Waals surface area contributed by atoms with Crippen molar-refractivity contribution >= 4 is 23.6 Å². The average Bonchev–Trinajstić information content (AvgIpc) is 3.40. The molecule has 0 aliphatic rings. The maximum absolute atomic E-state index is 13.2. The van der Waals surface area contributed by atoms with Crippen LogP contribution in [0.1, 0.15) is 33.7 Å². The maximum atomic E-state index is 13.2. The number of hydrogen-bond donors (Lipinski definition) is 2. The molecule has 0 saturated heterocycles. The first-order valence-electron chi connectivity index (χ1n) is 12.2. The van der Waals surface area contributed by atoms with Crippen LogP contribution < -0.4 is 5.32 Å². The van der Waals surface area contributed by atoms with Gasteiger partial charge in [0.05, 0.1) is 6.61 Å². The first-order valence-corrected chi connectivity index (χ1v) is 13.6. The normalized spacial score (nSPS) is 11.7. The zero-order valence-corrected chi connectivity index (χ0v) is 22.2. The Labute approximate surface area is 226 Å². The number of furan rings is 1. The summed E-state index contributed by atoms with van der Waals surface area (Å²) >= 11 is 1.54. The van der Waals surface area contributed by atoms with Gasteiger partial charge in [-0.2, -0.15) is 11.8 Å². The summed E-state index contributed by atoms with van der Waals surface area (Å²) in [6.45, 7) is 2.59. The number of carboxylic acid groups (broad SMARTS) is 1. The van der Waals surface area contributed by atoms with Crippen LogP contribution in [-0.2, 0) is 22.7 Å². The maximum Gasteiger partial charge on any atom is 0.326 e. The number of pyridine rings is 1. The molecule has 0 aliphatic carbocycles. The summed E-state index contributed by atoms with van der Waals surface area (Å²) in [6, 6.07) is 19.9. The summed E-state index contributed by atoms with van der Waals surface area (Å²) in [5.74, 6) is 0.637. The van der Waals surface area contributed by atoms with Crippen LogP contribution in [-0.4, -0.2) is 40.0 Å². The Morgan fingerprint density at radius 1 is 1.03 bits per heavy atom. The molecule has 2 aromatic heterocycles. The van der Waals surface area contributed by atoms with E-state index in [9.17, 15) is 14.7 Å². The molecule has 1 atom stereocenters. The fourth-order valence-corrected chi connectivity index (χ4v) is 4.57. The highest BCUT2D eigenvalue weighted by Crippen LogP contribution is 2.29. The molecule has 2 aromatic carbocycles. The summed E-state index contributed by atoms with van der Waals surface area (Å²) in [4.78, 5) is 29.0. The Morgan fingerprint density at radius 2 is 1.82 bits per heavy atom. The van der Waals surface area contributed by atoms with Gasteiger partial charge in [0.1, 0.15) is 24.2 Å². The quantitative estimate of drug-likeness (QED) is 0.233. The number of carboxylic acids is 1. The minimum atomic E-state index is -1.04. The van der Waals surface area contributed by atoms with Crippen LogP contribution in [0, 0.1) is 6.92 Å². The monoisotopic (exact) mass is 530 g/mol. The van der Waals surface area contributed by atoms with Crippen molar-refractivity contribution in [1.29, 1.82) is 0 Å². The molecule has 0 spiro atoms. The van der Waals surface area contributed by atoms with E-state index in [-0.39, 0.29) is 0 Å². The van der Waals surface area contributed by atoms with Gasteiger partial charge >= 0.3 is 5.97 Å². The number of carbonyl (C=O) groups is 2. The molecule has 2 N–H and O–H groups in total. The van der Waals surface area contributed by atoms with Crippen LogP contribution in [0.15, 0.2) is 83.5 Å². The predicted molar refractivity (Wildman–Crippen MR) is 149 cm³/mol. The van der Waals surface area contributed by atoms with E-state index < -0.39 is 17.9 Å². The fourth-order valence-electron chi connectivity index (χ4n) is 4.10. The number of aromatic nitrogens is 1. The fraction of sp³-hybridized carbons (Fsp3) is 0.233. The Morgan fingerprint density at radius 3 is 2.55 bits per heavy atom. The molecule has 4 rings (SSSR count). The van der Waals surface area contributed by atoms with Gasteiger partial charge in [-0.05, 0) is 84.0 Å². The van der Waals surface area contributed by atoms with Crippen LogP contribution in [0.4, 0.5) is 0 Å². The zero-order chi connectivity index (χ0) is 26.9. The van der Waals surface area contributed by atoms with E-state index in [1.54, 1.807) is 30.2 Å². The summed E-state index contributed by atoms with van der Waals surface area (Å²) in [7, 11) is 0. The van der Waals surface area contributed by atoms with Crippen molar-refractivity contribution in [3.8, 4) is 22.5 Å². The number of hydrogen-bond acceptors (Lipinski definition) is 6. The molecule has 0 bridgehead atoms. The van der Waals surface area contributed by atoms with E-state index in [0.29, 0.717) is 36.7 Å². The number of thioether (sulfide) groups is 1. The minimum Gasteiger partial charge on any atom is -0.480 e.